The number of fused-ring (bicyclic) bond motifs is 2. The molecule has 2 aliphatic rings. The van der Waals surface area contributed by atoms with Gasteiger partial charge in [0.05, 0.1) is 11.3 Å². The minimum Gasteiger partial charge on any atom is -0.335 e. The fraction of sp³-hybridized carbons (Fsp3) is 0.526. The average Bonchev–Trinajstić information content (AvgIpc) is 2.55. The minimum absolute atomic E-state index is 0.0237. The van der Waals surface area contributed by atoms with Gasteiger partial charge in [-0.05, 0) is 37.8 Å². The molecule has 0 saturated carbocycles. The van der Waals surface area contributed by atoms with Crippen LogP contribution in [0.4, 0.5) is 23.7 Å². The quantitative estimate of drug-likeness (QED) is 0.775. The molecule has 142 valence electrons. The third-order valence-electron chi connectivity index (χ3n) is 5.28. The number of carbonyl (C=O) groups excluding carboxylic acids is 1. The summed E-state index contributed by atoms with van der Waals surface area (Å²) in [4.78, 5) is 14.7. The summed E-state index contributed by atoms with van der Waals surface area (Å²) in [7, 11) is 0. The second-order valence-corrected chi connectivity index (χ2v) is 7.03. The van der Waals surface area contributed by atoms with Crippen LogP contribution in [-0.2, 0) is 6.18 Å². The molecule has 2 bridgehead atoms. The minimum atomic E-state index is -4.50. The number of urea groups is 1. The maximum atomic E-state index is 13.0. The zero-order chi connectivity index (χ0) is 18.7. The number of anilines is 1. The SMILES string of the molecule is C=CCN1C2CCCC1CC(NC(=O)Nc1ccccc1C(F)(F)F)C2. The summed E-state index contributed by atoms with van der Waals surface area (Å²) < 4.78 is 39.1. The Morgan fingerprint density at radius 2 is 1.88 bits per heavy atom. The number of piperidine rings is 2. The number of alkyl halides is 3. The third kappa shape index (κ3) is 4.20. The van der Waals surface area contributed by atoms with Gasteiger partial charge in [-0.15, -0.1) is 6.58 Å². The van der Waals surface area contributed by atoms with Gasteiger partial charge in [0.2, 0.25) is 0 Å². The number of amides is 2. The Hall–Kier alpha value is -2.02. The van der Waals surface area contributed by atoms with E-state index < -0.39 is 17.8 Å². The van der Waals surface area contributed by atoms with Crippen molar-refractivity contribution in [2.45, 2.75) is 56.4 Å². The van der Waals surface area contributed by atoms with Crippen molar-refractivity contribution in [2.24, 2.45) is 0 Å². The predicted molar refractivity (Wildman–Crippen MR) is 95.0 cm³/mol. The van der Waals surface area contributed by atoms with Crippen LogP contribution >= 0.6 is 0 Å². The Kier molecular flexibility index (Phi) is 5.55. The standard InChI is InChI=1S/C19H24F3N3O/c1-2-10-25-14-6-5-7-15(25)12-13(11-14)23-18(26)24-17-9-4-3-8-16(17)19(20,21)22/h2-4,8-9,13-15H,1,5-7,10-12H2,(H2,23,24,26). The van der Waals surface area contributed by atoms with Gasteiger partial charge in [0.15, 0.2) is 0 Å². The van der Waals surface area contributed by atoms with Crippen LogP contribution in [0.25, 0.3) is 0 Å². The molecule has 26 heavy (non-hydrogen) atoms. The number of hydrogen-bond acceptors (Lipinski definition) is 2. The molecule has 2 unspecified atom stereocenters. The Balaban J connectivity index is 1.62. The molecule has 2 fully saturated rings. The first-order chi connectivity index (χ1) is 12.4. The van der Waals surface area contributed by atoms with E-state index in [-0.39, 0.29) is 11.7 Å². The van der Waals surface area contributed by atoms with Crippen molar-refractivity contribution in [2.75, 3.05) is 11.9 Å². The van der Waals surface area contributed by atoms with Crippen LogP contribution < -0.4 is 10.6 Å². The first-order valence-electron chi connectivity index (χ1n) is 8.99. The molecule has 2 N–H and O–H groups in total. The smallest absolute Gasteiger partial charge is 0.335 e. The first kappa shape index (κ1) is 18.8. The van der Waals surface area contributed by atoms with E-state index in [1.807, 2.05) is 6.08 Å². The van der Waals surface area contributed by atoms with Gasteiger partial charge in [0.1, 0.15) is 0 Å². The summed E-state index contributed by atoms with van der Waals surface area (Å²) in [5.74, 6) is 0. The highest BCUT2D eigenvalue weighted by Crippen LogP contribution is 2.35. The van der Waals surface area contributed by atoms with Gasteiger partial charge < -0.3 is 10.6 Å². The molecule has 0 aromatic heterocycles. The summed E-state index contributed by atoms with van der Waals surface area (Å²) in [5.41, 5.74) is -1.06. The lowest BCUT2D eigenvalue weighted by atomic mass is 9.82. The Labute approximate surface area is 151 Å². The zero-order valence-corrected chi connectivity index (χ0v) is 14.6. The molecular formula is C19H24F3N3O. The number of carbonyl (C=O) groups is 1. The van der Waals surface area contributed by atoms with E-state index in [0.717, 1.165) is 38.3 Å². The van der Waals surface area contributed by atoms with E-state index >= 15 is 0 Å². The van der Waals surface area contributed by atoms with Crippen molar-refractivity contribution >= 4 is 11.7 Å². The predicted octanol–water partition coefficient (Wildman–Crippen LogP) is 4.40. The van der Waals surface area contributed by atoms with E-state index in [1.54, 1.807) is 0 Å². The molecule has 0 aliphatic carbocycles. The number of rotatable bonds is 4. The fourth-order valence-electron chi connectivity index (χ4n) is 4.23. The second kappa shape index (κ2) is 7.70. The number of para-hydroxylation sites is 1. The highest BCUT2D eigenvalue weighted by atomic mass is 19.4. The normalized spacial score (nSPS) is 26.2. The summed E-state index contributed by atoms with van der Waals surface area (Å²) >= 11 is 0. The van der Waals surface area contributed by atoms with Crippen molar-refractivity contribution in [3.8, 4) is 0 Å². The van der Waals surface area contributed by atoms with Crippen molar-refractivity contribution in [1.82, 2.24) is 10.2 Å². The van der Waals surface area contributed by atoms with Crippen molar-refractivity contribution in [3.63, 3.8) is 0 Å². The van der Waals surface area contributed by atoms with E-state index in [0.29, 0.717) is 12.1 Å². The molecule has 2 heterocycles. The first-order valence-corrected chi connectivity index (χ1v) is 8.99. The molecule has 1 aromatic carbocycles. The number of halogens is 3. The molecule has 0 radical (unpaired) electrons. The van der Waals surface area contributed by atoms with Crippen LogP contribution in [0.5, 0.6) is 0 Å². The maximum Gasteiger partial charge on any atom is 0.418 e. The largest absolute Gasteiger partial charge is 0.418 e. The summed E-state index contributed by atoms with van der Waals surface area (Å²) in [6.45, 7) is 4.65. The topological polar surface area (TPSA) is 44.4 Å². The van der Waals surface area contributed by atoms with Crippen molar-refractivity contribution < 1.29 is 18.0 Å². The Bertz CT molecular complexity index is 648. The van der Waals surface area contributed by atoms with Gasteiger partial charge in [0.25, 0.3) is 0 Å². The van der Waals surface area contributed by atoms with Crippen LogP contribution in [-0.4, -0.2) is 35.6 Å². The Morgan fingerprint density at radius 3 is 2.50 bits per heavy atom. The Morgan fingerprint density at radius 1 is 1.23 bits per heavy atom. The van der Waals surface area contributed by atoms with Gasteiger partial charge in [-0.2, -0.15) is 13.2 Å². The maximum absolute atomic E-state index is 13.0. The average molecular weight is 367 g/mol. The van der Waals surface area contributed by atoms with E-state index in [2.05, 4.69) is 22.1 Å². The van der Waals surface area contributed by atoms with Crippen LogP contribution in [0.1, 0.15) is 37.7 Å². The fourth-order valence-corrected chi connectivity index (χ4v) is 4.23. The third-order valence-corrected chi connectivity index (χ3v) is 5.28. The lowest BCUT2D eigenvalue weighted by molar-refractivity contribution is -0.136. The molecule has 3 rings (SSSR count). The molecule has 2 saturated heterocycles. The van der Waals surface area contributed by atoms with Gasteiger partial charge in [-0.25, -0.2) is 4.79 Å². The van der Waals surface area contributed by atoms with Gasteiger partial charge in [0, 0.05) is 24.7 Å². The zero-order valence-electron chi connectivity index (χ0n) is 14.6. The molecule has 0 spiro atoms. The lowest BCUT2D eigenvalue weighted by Crippen LogP contribution is -2.57. The molecule has 2 amide bonds. The van der Waals surface area contributed by atoms with Crippen LogP contribution in [0.3, 0.4) is 0 Å². The summed E-state index contributed by atoms with van der Waals surface area (Å²) in [6.07, 6.45) is 2.39. The van der Waals surface area contributed by atoms with Gasteiger partial charge >= 0.3 is 12.2 Å². The van der Waals surface area contributed by atoms with Gasteiger partial charge in [-0.3, -0.25) is 4.90 Å². The van der Waals surface area contributed by atoms with Crippen LogP contribution in [0, 0.1) is 0 Å². The number of benzene rings is 1. The molecule has 1 aromatic rings. The lowest BCUT2D eigenvalue weighted by Gasteiger charge is -2.48. The van der Waals surface area contributed by atoms with E-state index in [4.69, 9.17) is 0 Å². The van der Waals surface area contributed by atoms with E-state index in [1.165, 1.54) is 24.6 Å². The monoisotopic (exact) mass is 367 g/mol. The van der Waals surface area contributed by atoms with Gasteiger partial charge in [-0.1, -0.05) is 24.6 Å². The number of nitrogens with zero attached hydrogens (tertiary/aromatic N) is 1. The number of nitrogens with one attached hydrogen (secondary N) is 2. The van der Waals surface area contributed by atoms with Crippen molar-refractivity contribution in [1.29, 1.82) is 0 Å². The highest BCUT2D eigenvalue weighted by Gasteiger charge is 2.38. The van der Waals surface area contributed by atoms with Crippen molar-refractivity contribution in [3.05, 3.63) is 42.5 Å². The molecular weight excluding hydrogens is 343 g/mol. The van der Waals surface area contributed by atoms with E-state index in [9.17, 15) is 18.0 Å². The molecule has 4 nitrogen and oxygen atoms in total. The molecule has 7 heteroatoms. The summed E-state index contributed by atoms with van der Waals surface area (Å²) in [5, 5.41) is 5.23. The van der Waals surface area contributed by atoms with Crippen LogP contribution in [0.15, 0.2) is 36.9 Å². The summed E-state index contributed by atoms with van der Waals surface area (Å²) in [6, 6.07) is 5.20. The highest BCUT2D eigenvalue weighted by molar-refractivity contribution is 5.90. The number of hydrogen-bond donors (Lipinski definition) is 2. The second-order valence-electron chi connectivity index (χ2n) is 7.03. The van der Waals surface area contributed by atoms with Crippen LogP contribution in [0.2, 0.25) is 0 Å². The molecule has 2 aliphatic heterocycles. The molecule has 2 atom stereocenters.